The van der Waals surface area contributed by atoms with Gasteiger partial charge in [-0.15, -0.1) is 0 Å². The molecule has 4 nitrogen and oxygen atoms in total. The Morgan fingerprint density at radius 2 is 2.12 bits per heavy atom. The van der Waals surface area contributed by atoms with E-state index in [0.29, 0.717) is 17.8 Å². The van der Waals surface area contributed by atoms with Crippen molar-refractivity contribution in [2.75, 3.05) is 5.32 Å². The number of aromatic nitrogens is 2. The average Bonchev–Trinajstić information content (AvgIpc) is 3.09. The van der Waals surface area contributed by atoms with E-state index in [1.807, 2.05) is 20.8 Å². The summed E-state index contributed by atoms with van der Waals surface area (Å²) in [6.45, 7) is 8.03. The van der Waals surface area contributed by atoms with Crippen molar-refractivity contribution in [2.45, 2.75) is 58.4 Å². The van der Waals surface area contributed by atoms with Crippen LogP contribution in [0, 0.1) is 5.82 Å². The topological polar surface area (TPSA) is 46.9 Å². The Hall–Kier alpha value is -2.31. The summed E-state index contributed by atoms with van der Waals surface area (Å²) in [7, 11) is 0. The van der Waals surface area contributed by atoms with Crippen molar-refractivity contribution in [2.24, 2.45) is 0 Å². The van der Waals surface area contributed by atoms with Gasteiger partial charge in [-0.3, -0.25) is 9.48 Å². The highest BCUT2D eigenvalue weighted by Gasteiger charge is 2.39. The van der Waals surface area contributed by atoms with Gasteiger partial charge in [-0.05, 0) is 47.9 Å². The lowest BCUT2D eigenvalue weighted by Gasteiger charge is -2.20. The maximum absolute atomic E-state index is 14.4. The number of alkyl halides is 2. The first-order valence-corrected chi connectivity index (χ1v) is 8.65. The second kappa shape index (κ2) is 6.45. The summed E-state index contributed by atoms with van der Waals surface area (Å²) in [6.07, 6.45) is -0.781. The van der Waals surface area contributed by atoms with E-state index in [4.69, 9.17) is 0 Å². The Kier molecular flexibility index (Phi) is 4.58. The highest BCUT2D eigenvalue weighted by atomic mass is 19.3. The molecule has 1 atom stereocenters. The van der Waals surface area contributed by atoms with E-state index in [0.717, 1.165) is 12.0 Å². The van der Waals surface area contributed by atoms with Gasteiger partial charge in [-0.25, -0.2) is 13.2 Å². The van der Waals surface area contributed by atoms with Gasteiger partial charge in [0.15, 0.2) is 0 Å². The van der Waals surface area contributed by atoms with Crippen LogP contribution in [0.25, 0.3) is 0 Å². The second-order valence-electron chi connectivity index (χ2n) is 7.41. The summed E-state index contributed by atoms with van der Waals surface area (Å²) in [6, 6.07) is 2.81. The molecule has 1 aromatic heterocycles. The Balaban J connectivity index is 2.00. The van der Waals surface area contributed by atoms with Gasteiger partial charge in [0.2, 0.25) is 0 Å². The predicted octanol–water partition coefficient (Wildman–Crippen LogP) is 5.02. The number of nitrogens with one attached hydrogen (secondary N) is 1. The third-order valence-corrected chi connectivity index (χ3v) is 4.99. The fourth-order valence-corrected chi connectivity index (χ4v) is 4.00. The molecule has 0 bridgehead atoms. The fourth-order valence-electron chi connectivity index (χ4n) is 4.00. The third-order valence-electron chi connectivity index (χ3n) is 4.99. The van der Waals surface area contributed by atoms with E-state index >= 15 is 0 Å². The quantitative estimate of drug-likeness (QED) is 0.827. The summed E-state index contributed by atoms with van der Waals surface area (Å²) in [4.78, 5) is 12.6. The van der Waals surface area contributed by atoms with Crippen LogP contribution >= 0.6 is 0 Å². The largest absolute Gasteiger partial charge is 0.322 e. The minimum absolute atomic E-state index is 0.0546. The SMILES string of the molecule is CCn1cc(C(=O)Nc2ccc(F)c3c2C(C)CC3(C)C)c(C(F)F)n1. The summed E-state index contributed by atoms with van der Waals surface area (Å²) in [5.74, 6) is -0.913. The van der Waals surface area contributed by atoms with Crippen LogP contribution in [0.4, 0.5) is 18.9 Å². The van der Waals surface area contributed by atoms with Crippen molar-refractivity contribution in [1.29, 1.82) is 0 Å². The molecule has 140 valence electrons. The normalized spacial score (nSPS) is 18.2. The van der Waals surface area contributed by atoms with Crippen molar-refractivity contribution < 1.29 is 18.0 Å². The molecule has 0 spiro atoms. The van der Waals surface area contributed by atoms with Crippen molar-refractivity contribution in [3.8, 4) is 0 Å². The first-order valence-electron chi connectivity index (χ1n) is 8.65. The van der Waals surface area contributed by atoms with Crippen LogP contribution in [0.1, 0.15) is 73.6 Å². The fraction of sp³-hybridized carbons (Fsp3) is 0.474. The van der Waals surface area contributed by atoms with E-state index in [-0.39, 0.29) is 22.7 Å². The Morgan fingerprint density at radius 1 is 1.42 bits per heavy atom. The number of anilines is 1. The molecular weight excluding hydrogens is 343 g/mol. The summed E-state index contributed by atoms with van der Waals surface area (Å²) in [5, 5.41) is 6.46. The number of aryl methyl sites for hydroxylation is 1. The van der Waals surface area contributed by atoms with Gasteiger partial charge in [-0.2, -0.15) is 5.10 Å². The minimum Gasteiger partial charge on any atom is -0.322 e. The molecule has 26 heavy (non-hydrogen) atoms. The highest BCUT2D eigenvalue weighted by molar-refractivity contribution is 6.05. The van der Waals surface area contributed by atoms with Gasteiger partial charge in [0.25, 0.3) is 12.3 Å². The van der Waals surface area contributed by atoms with E-state index in [1.54, 1.807) is 6.92 Å². The van der Waals surface area contributed by atoms with Gasteiger partial charge < -0.3 is 5.32 Å². The van der Waals surface area contributed by atoms with Crippen LogP contribution < -0.4 is 5.32 Å². The molecule has 0 saturated carbocycles. The van der Waals surface area contributed by atoms with Crippen LogP contribution in [-0.2, 0) is 12.0 Å². The number of nitrogens with zero attached hydrogens (tertiary/aromatic N) is 2. The molecule has 1 aromatic carbocycles. The van der Waals surface area contributed by atoms with Crippen LogP contribution in [-0.4, -0.2) is 15.7 Å². The monoisotopic (exact) mass is 365 g/mol. The van der Waals surface area contributed by atoms with E-state index < -0.39 is 18.0 Å². The van der Waals surface area contributed by atoms with Crippen LogP contribution in [0.5, 0.6) is 0 Å². The standard InChI is InChI=1S/C19H22F3N3O/c1-5-25-9-11(16(24-25)17(21)22)18(26)23-13-7-6-12(20)15-14(13)10(2)8-19(15,3)4/h6-7,9-10,17H,5,8H2,1-4H3,(H,23,26). The number of halogens is 3. The molecule has 0 fully saturated rings. The molecule has 3 rings (SSSR count). The number of rotatable bonds is 4. The number of amides is 1. The van der Waals surface area contributed by atoms with E-state index in [9.17, 15) is 18.0 Å². The molecule has 1 aliphatic carbocycles. The lowest BCUT2D eigenvalue weighted by atomic mass is 9.85. The summed E-state index contributed by atoms with van der Waals surface area (Å²) < 4.78 is 42.1. The molecule has 1 unspecified atom stereocenters. The Bertz CT molecular complexity index is 858. The number of hydrogen-bond acceptors (Lipinski definition) is 2. The molecular formula is C19H22F3N3O. The van der Waals surface area contributed by atoms with Crippen LogP contribution in [0.3, 0.4) is 0 Å². The molecule has 0 aliphatic heterocycles. The third kappa shape index (κ3) is 2.99. The second-order valence-corrected chi connectivity index (χ2v) is 7.41. The van der Waals surface area contributed by atoms with Crippen LogP contribution in [0.15, 0.2) is 18.3 Å². The highest BCUT2D eigenvalue weighted by Crippen LogP contribution is 2.49. The first-order chi connectivity index (χ1) is 12.2. The number of benzene rings is 1. The zero-order valence-corrected chi connectivity index (χ0v) is 15.2. The van der Waals surface area contributed by atoms with Gasteiger partial charge in [0.1, 0.15) is 11.5 Å². The van der Waals surface area contributed by atoms with Gasteiger partial charge in [0, 0.05) is 18.4 Å². The lowest BCUT2D eigenvalue weighted by Crippen LogP contribution is -2.17. The smallest absolute Gasteiger partial charge is 0.282 e. The molecule has 1 amide bonds. The Morgan fingerprint density at radius 3 is 2.73 bits per heavy atom. The van der Waals surface area contributed by atoms with Crippen LogP contribution in [0.2, 0.25) is 0 Å². The van der Waals surface area contributed by atoms with Crippen molar-refractivity contribution in [3.63, 3.8) is 0 Å². The van der Waals surface area contributed by atoms with Gasteiger partial charge in [-0.1, -0.05) is 20.8 Å². The first kappa shape index (κ1) is 18.5. The zero-order chi connectivity index (χ0) is 19.2. The number of hydrogen-bond donors (Lipinski definition) is 1. The molecule has 0 radical (unpaired) electrons. The van der Waals surface area contributed by atoms with Crippen molar-refractivity contribution >= 4 is 11.6 Å². The summed E-state index contributed by atoms with van der Waals surface area (Å²) in [5.41, 5.74) is 0.738. The number of carbonyl (C=O) groups excluding carboxylic acids is 1. The van der Waals surface area contributed by atoms with Gasteiger partial charge >= 0.3 is 0 Å². The maximum atomic E-state index is 14.4. The Labute approximate surface area is 150 Å². The van der Waals surface area contributed by atoms with Crippen molar-refractivity contribution in [1.82, 2.24) is 9.78 Å². The minimum atomic E-state index is -2.85. The number of fused-ring (bicyclic) bond motifs is 1. The number of carbonyl (C=O) groups is 1. The molecule has 7 heteroatoms. The predicted molar refractivity (Wildman–Crippen MR) is 93.3 cm³/mol. The average molecular weight is 365 g/mol. The molecule has 1 N–H and O–H groups in total. The van der Waals surface area contributed by atoms with E-state index in [1.165, 1.54) is 23.0 Å². The molecule has 0 saturated heterocycles. The van der Waals surface area contributed by atoms with E-state index in [2.05, 4.69) is 10.4 Å². The maximum Gasteiger partial charge on any atom is 0.282 e. The zero-order valence-electron chi connectivity index (χ0n) is 15.2. The lowest BCUT2D eigenvalue weighted by molar-refractivity contribution is 0.101. The summed E-state index contributed by atoms with van der Waals surface area (Å²) >= 11 is 0. The molecule has 1 aliphatic rings. The van der Waals surface area contributed by atoms with Gasteiger partial charge in [0.05, 0.1) is 5.56 Å². The molecule has 1 heterocycles. The molecule has 2 aromatic rings. The van der Waals surface area contributed by atoms with Crippen molar-refractivity contribution in [3.05, 3.63) is 46.5 Å².